The Hall–Kier alpha value is -2.96. The number of hydrogen-bond acceptors (Lipinski definition) is 7. The molecule has 7 N–H and O–H groups in total. The smallest absolute Gasteiger partial charge is 0.479 e. The third-order valence-corrected chi connectivity index (χ3v) is 3.80. The minimum Gasteiger partial charge on any atom is -0.479 e. The van der Waals surface area contributed by atoms with Crippen molar-refractivity contribution in [2.75, 3.05) is 18.4 Å². The summed E-state index contributed by atoms with van der Waals surface area (Å²) in [5, 5.41) is 19.6. The van der Waals surface area contributed by atoms with E-state index in [1.807, 2.05) is 30.3 Å². The largest absolute Gasteiger partial charge is 0.490 e. The number of halogens is 4. The summed E-state index contributed by atoms with van der Waals surface area (Å²) in [6, 6.07) is 11.4. The highest BCUT2D eigenvalue weighted by molar-refractivity contribution is 6.29. The molecule has 0 saturated heterocycles. The molecule has 0 saturated carbocycles. The van der Waals surface area contributed by atoms with Gasteiger partial charge in [0.05, 0.1) is 0 Å². The molecule has 0 bridgehead atoms. The average molecular weight is 450 g/mol. The number of benzene rings is 1. The molecule has 1 aromatic heterocycles. The monoisotopic (exact) mass is 449 g/mol. The number of carbonyl (C=O) groups is 2. The van der Waals surface area contributed by atoms with E-state index in [4.69, 9.17) is 33.0 Å². The topological polar surface area (TPSA) is 164 Å². The van der Waals surface area contributed by atoms with Crippen molar-refractivity contribution in [3.05, 3.63) is 52.9 Å². The van der Waals surface area contributed by atoms with Crippen LogP contribution >= 0.6 is 11.6 Å². The first-order chi connectivity index (χ1) is 13.9. The predicted molar refractivity (Wildman–Crippen MR) is 102 cm³/mol. The number of nitrogens with zero attached hydrogens (tertiary/aromatic N) is 2. The Kier molecular flexibility index (Phi) is 8.95. The summed E-state index contributed by atoms with van der Waals surface area (Å²) in [7, 11) is 0. The Morgan fingerprint density at radius 3 is 2.13 bits per heavy atom. The highest BCUT2D eigenvalue weighted by Crippen LogP contribution is 2.19. The van der Waals surface area contributed by atoms with Gasteiger partial charge in [-0.15, -0.1) is 0 Å². The van der Waals surface area contributed by atoms with E-state index in [9.17, 15) is 23.1 Å². The SMILES string of the molecule is NC[C@](N)(C(=O)O)c1nc(Cl)cc(NCCc2ccccc2)n1.O=C(O)C(F)(F)F. The van der Waals surface area contributed by atoms with Gasteiger partial charge in [-0.05, 0) is 12.0 Å². The molecule has 1 atom stereocenters. The van der Waals surface area contributed by atoms with Crippen LogP contribution in [0.25, 0.3) is 0 Å². The fourth-order valence-electron chi connectivity index (χ4n) is 1.96. The van der Waals surface area contributed by atoms with Crippen LogP contribution in [0, 0.1) is 0 Å². The Morgan fingerprint density at radius 1 is 1.10 bits per heavy atom. The molecule has 0 radical (unpaired) electrons. The van der Waals surface area contributed by atoms with Crippen molar-refractivity contribution in [2.24, 2.45) is 11.5 Å². The van der Waals surface area contributed by atoms with Crippen LogP contribution in [-0.4, -0.2) is 51.4 Å². The number of nitrogens with two attached hydrogens (primary N) is 2. The quantitative estimate of drug-likeness (QED) is 0.395. The lowest BCUT2D eigenvalue weighted by Gasteiger charge is -2.21. The van der Waals surface area contributed by atoms with Gasteiger partial charge >= 0.3 is 18.1 Å². The van der Waals surface area contributed by atoms with Crippen LogP contribution in [0.3, 0.4) is 0 Å². The van der Waals surface area contributed by atoms with Gasteiger partial charge in [0, 0.05) is 19.2 Å². The summed E-state index contributed by atoms with van der Waals surface area (Å²) in [6.07, 6.45) is -4.30. The molecule has 0 amide bonds. The second kappa shape index (κ2) is 10.7. The van der Waals surface area contributed by atoms with Gasteiger partial charge in [0.15, 0.2) is 11.4 Å². The average Bonchev–Trinajstić information content (AvgIpc) is 2.67. The van der Waals surface area contributed by atoms with Crippen LogP contribution in [0.15, 0.2) is 36.4 Å². The number of alkyl halides is 3. The molecule has 0 fully saturated rings. The summed E-state index contributed by atoms with van der Waals surface area (Å²) >= 11 is 5.93. The van der Waals surface area contributed by atoms with E-state index in [0.717, 1.165) is 6.42 Å². The molecular weight excluding hydrogens is 431 g/mol. The van der Waals surface area contributed by atoms with Gasteiger partial charge in [-0.3, -0.25) is 0 Å². The van der Waals surface area contributed by atoms with Crippen LogP contribution in [0.4, 0.5) is 19.0 Å². The van der Waals surface area contributed by atoms with Gasteiger partial charge in [-0.1, -0.05) is 41.9 Å². The highest BCUT2D eigenvalue weighted by atomic mass is 35.5. The second-order valence-electron chi connectivity index (χ2n) is 5.85. The van der Waals surface area contributed by atoms with E-state index in [-0.39, 0.29) is 17.5 Å². The zero-order valence-corrected chi connectivity index (χ0v) is 16.1. The molecule has 2 aromatic rings. The molecule has 2 rings (SSSR count). The van der Waals surface area contributed by atoms with Gasteiger partial charge in [0.25, 0.3) is 0 Å². The molecular formula is C17H19ClF3N5O4. The standard InChI is InChI=1S/C15H18ClN5O2.C2HF3O2/c16-11-8-12(19-7-6-10-4-2-1-3-5-10)21-13(20-11)15(18,9-17)14(22)23;3-2(4,5)1(6)7/h1-5,8H,6-7,9,17-18H2,(H,22,23)(H,19,20,21);(H,6,7)/t15-;/m1./s1. The van der Waals surface area contributed by atoms with Gasteiger partial charge in [-0.25, -0.2) is 19.6 Å². The van der Waals surface area contributed by atoms with Crippen molar-refractivity contribution in [2.45, 2.75) is 18.1 Å². The zero-order valence-electron chi connectivity index (χ0n) is 15.4. The fraction of sp³-hybridized carbons (Fsp3) is 0.294. The van der Waals surface area contributed by atoms with Crippen molar-refractivity contribution in [1.82, 2.24) is 9.97 Å². The van der Waals surface area contributed by atoms with Crippen LogP contribution in [0.1, 0.15) is 11.4 Å². The third kappa shape index (κ3) is 7.46. The summed E-state index contributed by atoms with van der Waals surface area (Å²) in [6.45, 7) is 0.260. The molecule has 0 unspecified atom stereocenters. The molecule has 0 aliphatic heterocycles. The molecule has 9 nitrogen and oxygen atoms in total. The first-order valence-electron chi connectivity index (χ1n) is 8.25. The van der Waals surface area contributed by atoms with E-state index in [1.54, 1.807) is 0 Å². The number of aliphatic carboxylic acids is 2. The summed E-state index contributed by atoms with van der Waals surface area (Å²) < 4.78 is 31.7. The second-order valence-corrected chi connectivity index (χ2v) is 6.23. The molecule has 13 heteroatoms. The van der Waals surface area contributed by atoms with Crippen LogP contribution in [0.2, 0.25) is 5.15 Å². The Bertz CT molecular complexity index is 870. The van der Waals surface area contributed by atoms with Crippen LogP contribution in [0.5, 0.6) is 0 Å². The molecule has 30 heavy (non-hydrogen) atoms. The highest BCUT2D eigenvalue weighted by Gasteiger charge is 2.39. The molecule has 1 heterocycles. The molecule has 0 spiro atoms. The van der Waals surface area contributed by atoms with Crippen molar-refractivity contribution < 1.29 is 33.0 Å². The van der Waals surface area contributed by atoms with E-state index in [2.05, 4.69) is 15.3 Å². The first-order valence-corrected chi connectivity index (χ1v) is 8.63. The lowest BCUT2D eigenvalue weighted by atomic mass is 10.0. The fourth-order valence-corrected chi connectivity index (χ4v) is 2.14. The third-order valence-electron chi connectivity index (χ3n) is 3.60. The Morgan fingerprint density at radius 2 is 1.67 bits per heavy atom. The molecule has 1 aromatic carbocycles. The van der Waals surface area contributed by atoms with E-state index in [1.165, 1.54) is 11.6 Å². The van der Waals surface area contributed by atoms with Crippen molar-refractivity contribution in [1.29, 1.82) is 0 Å². The molecule has 0 aliphatic rings. The Balaban J connectivity index is 0.000000553. The van der Waals surface area contributed by atoms with Crippen LogP contribution < -0.4 is 16.8 Å². The maximum atomic E-state index is 11.3. The maximum Gasteiger partial charge on any atom is 0.490 e. The zero-order chi connectivity index (χ0) is 22.9. The molecule has 0 aliphatic carbocycles. The Labute approximate surface area is 173 Å². The molecule has 164 valence electrons. The predicted octanol–water partition coefficient (Wildman–Crippen LogP) is 1.62. The number of carboxylic acid groups (broad SMARTS) is 2. The van der Waals surface area contributed by atoms with Gasteiger partial charge < -0.3 is 27.0 Å². The minimum atomic E-state index is -5.08. The van der Waals surface area contributed by atoms with Gasteiger partial charge in [0.1, 0.15) is 11.0 Å². The van der Waals surface area contributed by atoms with Crippen molar-refractivity contribution >= 4 is 29.4 Å². The first kappa shape index (κ1) is 25.1. The van der Waals surface area contributed by atoms with Crippen molar-refractivity contribution in [3.8, 4) is 0 Å². The number of aromatic nitrogens is 2. The lowest BCUT2D eigenvalue weighted by Crippen LogP contribution is -2.52. The summed E-state index contributed by atoms with van der Waals surface area (Å²) in [5.74, 6) is -3.78. The number of anilines is 1. The summed E-state index contributed by atoms with van der Waals surface area (Å²) in [4.78, 5) is 28.3. The number of rotatable bonds is 7. The summed E-state index contributed by atoms with van der Waals surface area (Å²) in [5.41, 5.74) is 10.5. The minimum absolute atomic E-state index is 0.0988. The maximum absolute atomic E-state index is 11.3. The van der Waals surface area contributed by atoms with E-state index in [0.29, 0.717) is 12.4 Å². The number of nitrogens with one attached hydrogen (secondary N) is 1. The van der Waals surface area contributed by atoms with Crippen LogP contribution in [-0.2, 0) is 21.5 Å². The number of carboxylic acids is 2. The van der Waals surface area contributed by atoms with Crippen molar-refractivity contribution in [3.63, 3.8) is 0 Å². The van der Waals surface area contributed by atoms with Gasteiger partial charge in [0.2, 0.25) is 0 Å². The van der Waals surface area contributed by atoms with E-state index < -0.39 is 23.7 Å². The normalized spacial score (nSPS) is 12.9. The van der Waals surface area contributed by atoms with Gasteiger partial charge in [-0.2, -0.15) is 13.2 Å². The number of hydrogen-bond donors (Lipinski definition) is 5. The lowest BCUT2D eigenvalue weighted by molar-refractivity contribution is -0.192. The van der Waals surface area contributed by atoms with E-state index >= 15 is 0 Å².